The van der Waals surface area contributed by atoms with Gasteiger partial charge < -0.3 is 15.0 Å². The Morgan fingerprint density at radius 1 is 1.03 bits per heavy atom. The molecule has 0 unspecified atom stereocenters. The summed E-state index contributed by atoms with van der Waals surface area (Å²) in [5.74, 6) is 0.476. The molecule has 0 saturated heterocycles. The highest BCUT2D eigenvalue weighted by Gasteiger charge is 2.14. The summed E-state index contributed by atoms with van der Waals surface area (Å²) in [5, 5.41) is 4.92. The Morgan fingerprint density at radius 3 is 2.47 bits per heavy atom. The van der Waals surface area contributed by atoms with E-state index in [2.05, 4.69) is 5.32 Å². The van der Waals surface area contributed by atoms with Crippen LogP contribution in [0.3, 0.4) is 0 Å². The van der Waals surface area contributed by atoms with Crippen LogP contribution in [-0.2, 0) is 13.2 Å². The Bertz CT molecular complexity index is 982. The zero-order valence-electron chi connectivity index (χ0n) is 17.4. The van der Waals surface area contributed by atoms with Crippen LogP contribution in [0.4, 0.5) is 0 Å². The average molecular weight is 423 g/mol. The molecule has 156 valence electrons. The van der Waals surface area contributed by atoms with E-state index in [0.29, 0.717) is 30.0 Å². The van der Waals surface area contributed by atoms with Crippen molar-refractivity contribution in [2.24, 2.45) is 0 Å². The number of nitrogens with one attached hydrogen (secondary N) is 1. The summed E-state index contributed by atoms with van der Waals surface area (Å²) in [4.78, 5) is 27.7. The molecule has 0 fully saturated rings. The fraction of sp³-hybridized carbons (Fsp3) is 0.250. The molecule has 3 aromatic rings. The van der Waals surface area contributed by atoms with Crippen molar-refractivity contribution in [2.75, 3.05) is 7.05 Å². The normalized spacial score (nSPS) is 10.7. The van der Waals surface area contributed by atoms with Crippen LogP contribution in [-0.4, -0.2) is 29.8 Å². The van der Waals surface area contributed by atoms with Crippen LogP contribution < -0.4 is 10.1 Å². The fourth-order valence-electron chi connectivity index (χ4n) is 2.76. The fourth-order valence-corrected chi connectivity index (χ4v) is 3.38. The summed E-state index contributed by atoms with van der Waals surface area (Å²) in [6.45, 7) is 4.82. The minimum absolute atomic E-state index is 0.0139. The number of ether oxygens (including phenoxy) is 1. The average Bonchev–Trinajstić information content (AvgIpc) is 3.29. The van der Waals surface area contributed by atoms with E-state index in [0.717, 1.165) is 10.4 Å². The van der Waals surface area contributed by atoms with E-state index in [-0.39, 0.29) is 17.9 Å². The molecule has 0 saturated carbocycles. The molecule has 0 radical (unpaired) electrons. The standard InChI is InChI=1S/C24H26N2O3S/c1-17(2)26(3)24(28)19-11-9-18(10-12-19)15-25-23(27)20-6-4-7-21(14-20)29-16-22-8-5-13-30-22/h4-14,17H,15-16H2,1-3H3,(H,25,27). The van der Waals surface area contributed by atoms with Gasteiger partial charge in [-0.15, -0.1) is 11.3 Å². The van der Waals surface area contributed by atoms with Gasteiger partial charge in [0.2, 0.25) is 0 Å². The Hall–Kier alpha value is -3.12. The minimum atomic E-state index is -0.170. The number of hydrogen-bond acceptors (Lipinski definition) is 4. The van der Waals surface area contributed by atoms with Gasteiger partial charge in [0.1, 0.15) is 12.4 Å². The summed E-state index contributed by atoms with van der Waals surface area (Å²) >= 11 is 1.64. The van der Waals surface area contributed by atoms with Gasteiger partial charge in [0, 0.05) is 35.6 Å². The van der Waals surface area contributed by atoms with Crippen molar-refractivity contribution < 1.29 is 14.3 Å². The third-order valence-corrected chi connectivity index (χ3v) is 5.66. The highest BCUT2D eigenvalue weighted by atomic mass is 32.1. The Morgan fingerprint density at radius 2 is 1.80 bits per heavy atom. The van der Waals surface area contributed by atoms with E-state index in [1.165, 1.54) is 0 Å². The number of thiophene rings is 1. The smallest absolute Gasteiger partial charge is 0.253 e. The van der Waals surface area contributed by atoms with Crippen LogP contribution >= 0.6 is 11.3 Å². The molecule has 0 aliphatic rings. The number of rotatable bonds is 8. The van der Waals surface area contributed by atoms with Crippen LogP contribution in [0, 0.1) is 0 Å². The van der Waals surface area contributed by atoms with Crippen molar-refractivity contribution in [1.29, 1.82) is 0 Å². The van der Waals surface area contributed by atoms with Crippen molar-refractivity contribution in [3.8, 4) is 5.75 Å². The van der Waals surface area contributed by atoms with E-state index >= 15 is 0 Å². The summed E-state index contributed by atoms with van der Waals surface area (Å²) in [5.41, 5.74) is 2.11. The summed E-state index contributed by atoms with van der Waals surface area (Å²) in [6, 6.07) is 18.6. The van der Waals surface area contributed by atoms with Crippen molar-refractivity contribution in [3.05, 3.63) is 87.6 Å². The minimum Gasteiger partial charge on any atom is -0.488 e. The number of amides is 2. The zero-order chi connectivity index (χ0) is 21.5. The first-order valence-electron chi connectivity index (χ1n) is 9.83. The molecule has 2 aromatic carbocycles. The molecule has 0 aliphatic heterocycles. The molecule has 0 aliphatic carbocycles. The lowest BCUT2D eigenvalue weighted by Crippen LogP contribution is -2.32. The van der Waals surface area contributed by atoms with Crippen molar-refractivity contribution in [2.45, 2.75) is 33.0 Å². The summed E-state index contributed by atoms with van der Waals surface area (Å²) < 4.78 is 5.77. The predicted molar refractivity (Wildman–Crippen MR) is 120 cm³/mol. The Labute approximate surface area is 181 Å². The van der Waals surface area contributed by atoms with Crippen LogP contribution in [0.5, 0.6) is 5.75 Å². The number of nitrogens with zero attached hydrogens (tertiary/aromatic N) is 1. The van der Waals surface area contributed by atoms with Crippen LogP contribution in [0.15, 0.2) is 66.0 Å². The molecule has 3 rings (SSSR count). The first-order chi connectivity index (χ1) is 14.4. The van der Waals surface area contributed by atoms with E-state index in [9.17, 15) is 9.59 Å². The number of hydrogen-bond donors (Lipinski definition) is 1. The molecule has 0 atom stereocenters. The van der Waals surface area contributed by atoms with Gasteiger partial charge in [-0.3, -0.25) is 9.59 Å². The SMILES string of the molecule is CC(C)N(C)C(=O)c1ccc(CNC(=O)c2cccc(OCc3cccs3)c2)cc1. The maximum absolute atomic E-state index is 12.5. The maximum Gasteiger partial charge on any atom is 0.253 e. The number of carbonyl (C=O) groups is 2. The zero-order valence-corrected chi connectivity index (χ0v) is 18.2. The van der Waals surface area contributed by atoms with Gasteiger partial charge in [-0.2, -0.15) is 0 Å². The van der Waals surface area contributed by atoms with Gasteiger partial charge in [0.15, 0.2) is 0 Å². The molecule has 2 amide bonds. The third kappa shape index (κ3) is 5.70. The highest BCUT2D eigenvalue weighted by Crippen LogP contribution is 2.17. The lowest BCUT2D eigenvalue weighted by atomic mass is 10.1. The molecule has 1 heterocycles. The first-order valence-corrected chi connectivity index (χ1v) is 10.7. The predicted octanol–water partition coefficient (Wildman–Crippen LogP) is 4.74. The summed E-state index contributed by atoms with van der Waals surface area (Å²) in [7, 11) is 1.79. The van der Waals surface area contributed by atoms with E-state index in [1.54, 1.807) is 47.5 Å². The first kappa shape index (κ1) is 21.6. The maximum atomic E-state index is 12.5. The monoisotopic (exact) mass is 422 g/mol. The van der Waals surface area contributed by atoms with Gasteiger partial charge in [0.25, 0.3) is 11.8 Å². The second kappa shape index (κ2) is 10.1. The lowest BCUT2D eigenvalue weighted by Gasteiger charge is -2.21. The van der Waals surface area contributed by atoms with Gasteiger partial charge in [0.05, 0.1) is 0 Å². The third-order valence-electron chi connectivity index (χ3n) is 4.81. The second-order valence-electron chi connectivity index (χ2n) is 7.29. The van der Waals surface area contributed by atoms with Crippen molar-refractivity contribution >= 4 is 23.2 Å². The number of carbonyl (C=O) groups excluding carboxylic acids is 2. The topological polar surface area (TPSA) is 58.6 Å². The van der Waals surface area contributed by atoms with Crippen LogP contribution in [0.1, 0.15) is 45.0 Å². The highest BCUT2D eigenvalue weighted by molar-refractivity contribution is 7.09. The quantitative estimate of drug-likeness (QED) is 0.571. The largest absolute Gasteiger partial charge is 0.488 e. The van der Waals surface area contributed by atoms with Crippen molar-refractivity contribution in [1.82, 2.24) is 10.2 Å². The molecule has 0 spiro atoms. The van der Waals surface area contributed by atoms with Gasteiger partial charge >= 0.3 is 0 Å². The molecular weight excluding hydrogens is 396 g/mol. The van der Waals surface area contributed by atoms with Crippen LogP contribution in [0.2, 0.25) is 0 Å². The number of benzene rings is 2. The molecule has 5 nitrogen and oxygen atoms in total. The Balaban J connectivity index is 1.55. The van der Waals surface area contributed by atoms with E-state index in [1.807, 2.05) is 55.6 Å². The van der Waals surface area contributed by atoms with E-state index < -0.39 is 0 Å². The van der Waals surface area contributed by atoms with Gasteiger partial charge in [-0.25, -0.2) is 0 Å². The molecule has 30 heavy (non-hydrogen) atoms. The van der Waals surface area contributed by atoms with Gasteiger partial charge in [-0.1, -0.05) is 24.3 Å². The molecule has 1 N–H and O–H groups in total. The lowest BCUT2D eigenvalue weighted by molar-refractivity contribution is 0.0754. The summed E-state index contributed by atoms with van der Waals surface area (Å²) in [6.07, 6.45) is 0. The van der Waals surface area contributed by atoms with Crippen molar-refractivity contribution in [3.63, 3.8) is 0 Å². The molecule has 6 heteroatoms. The Kier molecular flexibility index (Phi) is 7.25. The van der Waals surface area contributed by atoms with E-state index in [4.69, 9.17) is 4.74 Å². The molecule has 0 bridgehead atoms. The van der Waals surface area contributed by atoms with Gasteiger partial charge in [-0.05, 0) is 61.2 Å². The van der Waals surface area contributed by atoms with Crippen LogP contribution in [0.25, 0.3) is 0 Å². The molecule has 1 aromatic heterocycles. The second-order valence-corrected chi connectivity index (χ2v) is 8.32. The molecular formula is C24H26N2O3S.